The zero-order valence-corrected chi connectivity index (χ0v) is 12.0. The van der Waals surface area contributed by atoms with Crippen molar-refractivity contribution >= 4 is 0 Å². The lowest BCUT2D eigenvalue weighted by molar-refractivity contribution is 0.289. The summed E-state index contributed by atoms with van der Waals surface area (Å²) in [5, 5.41) is 3.42. The van der Waals surface area contributed by atoms with E-state index in [2.05, 4.69) is 49.6 Å². The second-order valence-electron chi connectivity index (χ2n) is 5.90. The Morgan fingerprint density at radius 3 is 2.76 bits per heavy atom. The van der Waals surface area contributed by atoms with Crippen LogP contribution in [0.4, 0.5) is 0 Å². The van der Waals surface area contributed by atoms with Gasteiger partial charge in [-0.15, -0.1) is 0 Å². The van der Waals surface area contributed by atoms with Crippen LogP contribution in [0.5, 0.6) is 0 Å². The molecule has 1 rings (SSSR count). The number of nitrogens with zero attached hydrogens (tertiary/aromatic N) is 2. The Labute approximate surface area is 107 Å². The van der Waals surface area contributed by atoms with Crippen LogP contribution in [0.15, 0.2) is 12.2 Å². The van der Waals surface area contributed by atoms with Gasteiger partial charge in [0, 0.05) is 32.2 Å². The summed E-state index contributed by atoms with van der Waals surface area (Å²) in [4.78, 5) is 4.84. The van der Waals surface area contributed by atoms with Gasteiger partial charge in [-0.1, -0.05) is 20.4 Å². The Morgan fingerprint density at radius 1 is 1.53 bits per heavy atom. The maximum Gasteiger partial charge on any atom is 0.0199 e. The average molecular weight is 239 g/mol. The summed E-state index contributed by atoms with van der Waals surface area (Å²) in [7, 11) is 4.42. The smallest absolute Gasteiger partial charge is 0.0199 e. The van der Waals surface area contributed by atoms with Crippen LogP contribution in [-0.2, 0) is 0 Å². The third-order valence-electron chi connectivity index (χ3n) is 3.31. The quantitative estimate of drug-likeness (QED) is 0.678. The van der Waals surface area contributed by atoms with E-state index in [0.717, 1.165) is 19.0 Å². The van der Waals surface area contributed by atoms with E-state index in [1.54, 1.807) is 0 Å². The molecule has 0 saturated carbocycles. The highest BCUT2D eigenvalue weighted by Gasteiger charge is 2.20. The van der Waals surface area contributed by atoms with Crippen LogP contribution in [0.1, 0.15) is 20.3 Å². The van der Waals surface area contributed by atoms with Crippen LogP contribution in [0.3, 0.4) is 0 Å². The maximum absolute atomic E-state index is 4.14. The molecule has 1 aliphatic rings. The molecule has 0 aromatic carbocycles. The largest absolute Gasteiger partial charge is 0.311 e. The molecule has 0 bridgehead atoms. The van der Waals surface area contributed by atoms with Crippen LogP contribution in [0.2, 0.25) is 0 Å². The normalized spacial score (nSPS) is 21.6. The van der Waals surface area contributed by atoms with Gasteiger partial charge >= 0.3 is 0 Å². The van der Waals surface area contributed by atoms with Crippen molar-refractivity contribution in [3.63, 3.8) is 0 Å². The molecule has 1 unspecified atom stereocenters. The molecule has 1 N–H and O–H groups in total. The van der Waals surface area contributed by atoms with E-state index in [4.69, 9.17) is 0 Å². The molecule has 1 fully saturated rings. The summed E-state index contributed by atoms with van der Waals surface area (Å²) in [5.74, 6) is 0.843. The van der Waals surface area contributed by atoms with E-state index in [1.807, 2.05) is 0 Å². The fourth-order valence-electron chi connectivity index (χ4n) is 2.47. The lowest BCUT2D eigenvalue weighted by Gasteiger charge is -2.22. The maximum atomic E-state index is 4.14. The zero-order valence-electron chi connectivity index (χ0n) is 12.0. The van der Waals surface area contributed by atoms with E-state index in [1.165, 1.54) is 31.6 Å². The molecule has 1 heterocycles. The highest BCUT2D eigenvalue weighted by atomic mass is 15.1. The first-order valence-electron chi connectivity index (χ1n) is 6.74. The SMILES string of the molecule is C=C(CNC(C)C)CN(C)CC1CCN(C)C1. The van der Waals surface area contributed by atoms with Crippen molar-refractivity contribution in [3.05, 3.63) is 12.2 Å². The summed E-state index contributed by atoms with van der Waals surface area (Å²) in [6.07, 6.45) is 1.34. The first-order chi connectivity index (χ1) is 7.97. The van der Waals surface area contributed by atoms with Gasteiger partial charge < -0.3 is 15.1 Å². The van der Waals surface area contributed by atoms with Crippen LogP contribution < -0.4 is 5.32 Å². The minimum atomic E-state index is 0.542. The van der Waals surface area contributed by atoms with Gasteiger partial charge in [-0.25, -0.2) is 0 Å². The number of rotatable bonds is 7. The van der Waals surface area contributed by atoms with Gasteiger partial charge in [-0.2, -0.15) is 0 Å². The molecule has 0 spiro atoms. The molecule has 3 heteroatoms. The Balaban J connectivity index is 2.15. The van der Waals surface area contributed by atoms with Gasteiger partial charge in [0.1, 0.15) is 0 Å². The van der Waals surface area contributed by atoms with Crippen LogP contribution in [0.25, 0.3) is 0 Å². The van der Waals surface area contributed by atoms with Crippen LogP contribution in [-0.4, -0.2) is 62.7 Å². The molecule has 0 aromatic rings. The molecule has 0 amide bonds. The second kappa shape index (κ2) is 7.14. The van der Waals surface area contributed by atoms with Gasteiger partial charge in [0.2, 0.25) is 0 Å². The molecular formula is C14H29N3. The minimum absolute atomic E-state index is 0.542. The molecule has 0 radical (unpaired) electrons. The highest BCUT2D eigenvalue weighted by Crippen LogP contribution is 2.15. The third kappa shape index (κ3) is 6.20. The molecule has 1 aliphatic heterocycles. The standard InChI is InChI=1S/C14H29N3/c1-12(2)15-8-13(3)9-17(5)11-14-6-7-16(4)10-14/h12,14-15H,3,6-11H2,1-2,4-5H3. The van der Waals surface area contributed by atoms with Gasteiger partial charge in [0.15, 0.2) is 0 Å². The van der Waals surface area contributed by atoms with E-state index < -0.39 is 0 Å². The monoisotopic (exact) mass is 239 g/mol. The summed E-state index contributed by atoms with van der Waals surface area (Å²) in [6, 6.07) is 0.542. The van der Waals surface area contributed by atoms with Gasteiger partial charge in [0.25, 0.3) is 0 Å². The van der Waals surface area contributed by atoms with Crippen LogP contribution in [0, 0.1) is 5.92 Å². The number of likely N-dealkylation sites (N-methyl/N-ethyl adjacent to an activating group) is 1. The van der Waals surface area contributed by atoms with E-state index in [0.29, 0.717) is 6.04 Å². The molecule has 0 aromatic heterocycles. The molecule has 17 heavy (non-hydrogen) atoms. The Bertz CT molecular complexity index is 238. The van der Waals surface area contributed by atoms with Gasteiger partial charge in [0.05, 0.1) is 0 Å². The first-order valence-corrected chi connectivity index (χ1v) is 6.74. The van der Waals surface area contributed by atoms with Gasteiger partial charge in [-0.05, 0) is 38.6 Å². The zero-order chi connectivity index (χ0) is 12.8. The number of likely N-dealkylation sites (tertiary alicyclic amines) is 1. The summed E-state index contributed by atoms with van der Waals surface area (Å²) >= 11 is 0. The molecular weight excluding hydrogens is 210 g/mol. The van der Waals surface area contributed by atoms with Crippen molar-refractivity contribution in [3.8, 4) is 0 Å². The molecule has 1 saturated heterocycles. The fraction of sp³-hybridized carbons (Fsp3) is 0.857. The van der Waals surface area contributed by atoms with Crippen molar-refractivity contribution in [2.24, 2.45) is 5.92 Å². The average Bonchev–Trinajstić information content (AvgIpc) is 2.60. The summed E-state index contributed by atoms with van der Waals surface area (Å²) in [5.41, 5.74) is 1.28. The predicted molar refractivity (Wildman–Crippen MR) is 75.4 cm³/mol. The summed E-state index contributed by atoms with van der Waals surface area (Å²) in [6.45, 7) is 14.1. The van der Waals surface area contributed by atoms with Crippen molar-refractivity contribution in [2.75, 3.05) is 46.8 Å². The molecule has 0 aliphatic carbocycles. The summed E-state index contributed by atoms with van der Waals surface area (Å²) < 4.78 is 0. The second-order valence-corrected chi connectivity index (χ2v) is 5.90. The first kappa shape index (κ1) is 14.7. The Kier molecular flexibility index (Phi) is 6.17. The topological polar surface area (TPSA) is 18.5 Å². The lowest BCUT2D eigenvalue weighted by atomic mass is 10.1. The molecule has 1 atom stereocenters. The van der Waals surface area contributed by atoms with E-state index >= 15 is 0 Å². The van der Waals surface area contributed by atoms with Crippen molar-refractivity contribution in [1.29, 1.82) is 0 Å². The predicted octanol–water partition coefficient (Wildman–Crippen LogP) is 1.42. The molecule has 3 nitrogen and oxygen atoms in total. The van der Waals surface area contributed by atoms with Crippen molar-refractivity contribution in [2.45, 2.75) is 26.3 Å². The lowest BCUT2D eigenvalue weighted by Crippen LogP contribution is -2.32. The minimum Gasteiger partial charge on any atom is -0.311 e. The number of hydrogen-bond donors (Lipinski definition) is 1. The van der Waals surface area contributed by atoms with Crippen molar-refractivity contribution < 1.29 is 0 Å². The van der Waals surface area contributed by atoms with Crippen LogP contribution >= 0.6 is 0 Å². The highest BCUT2D eigenvalue weighted by molar-refractivity contribution is 5.00. The van der Waals surface area contributed by atoms with E-state index in [-0.39, 0.29) is 0 Å². The number of hydrogen-bond acceptors (Lipinski definition) is 3. The fourth-order valence-corrected chi connectivity index (χ4v) is 2.47. The van der Waals surface area contributed by atoms with E-state index in [9.17, 15) is 0 Å². The third-order valence-corrected chi connectivity index (χ3v) is 3.31. The Morgan fingerprint density at radius 2 is 2.24 bits per heavy atom. The molecule has 100 valence electrons. The number of nitrogens with one attached hydrogen (secondary N) is 1. The Hall–Kier alpha value is -0.380. The van der Waals surface area contributed by atoms with Crippen molar-refractivity contribution in [1.82, 2.24) is 15.1 Å². The van der Waals surface area contributed by atoms with Gasteiger partial charge in [-0.3, -0.25) is 0 Å².